The maximum absolute atomic E-state index is 12.0. The molecule has 104 valence electrons. The maximum Gasteiger partial charge on any atom is 0.326 e. The first kappa shape index (κ1) is 14.8. The summed E-state index contributed by atoms with van der Waals surface area (Å²) >= 11 is 0. The molecule has 1 rings (SSSR count). The minimum atomic E-state index is -0.987. The van der Waals surface area contributed by atoms with Crippen molar-refractivity contribution in [2.24, 2.45) is 11.7 Å². The van der Waals surface area contributed by atoms with Gasteiger partial charge in [-0.25, -0.2) is 9.59 Å². The molecule has 1 fully saturated rings. The molecule has 0 bridgehead atoms. The van der Waals surface area contributed by atoms with Crippen molar-refractivity contribution in [2.75, 3.05) is 13.1 Å². The molecule has 1 aliphatic rings. The van der Waals surface area contributed by atoms with Gasteiger partial charge in [-0.15, -0.1) is 0 Å². The van der Waals surface area contributed by atoms with Gasteiger partial charge >= 0.3 is 12.0 Å². The van der Waals surface area contributed by atoms with Crippen molar-refractivity contribution in [3.63, 3.8) is 0 Å². The van der Waals surface area contributed by atoms with Gasteiger partial charge in [-0.1, -0.05) is 20.3 Å². The van der Waals surface area contributed by atoms with Crippen molar-refractivity contribution in [1.29, 1.82) is 0 Å². The molecule has 3 unspecified atom stereocenters. The molecule has 0 saturated carbocycles. The Morgan fingerprint density at radius 3 is 2.72 bits per heavy atom. The van der Waals surface area contributed by atoms with Gasteiger partial charge in [-0.2, -0.15) is 0 Å². The van der Waals surface area contributed by atoms with E-state index in [1.54, 1.807) is 4.90 Å². The minimum absolute atomic E-state index is 0.00335. The number of carboxylic acid groups (broad SMARTS) is 1. The number of amides is 2. The van der Waals surface area contributed by atoms with E-state index in [9.17, 15) is 9.59 Å². The summed E-state index contributed by atoms with van der Waals surface area (Å²) in [5.41, 5.74) is 5.80. The molecular weight excluding hydrogens is 234 g/mol. The summed E-state index contributed by atoms with van der Waals surface area (Å²) in [6, 6.07) is -1.16. The molecule has 6 nitrogen and oxygen atoms in total. The van der Waals surface area contributed by atoms with Crippen molar-refractivity contribution in [3.8, 4) is 0 Å². The predicted octanol–water partition coefficient (Wildman–Crippen LogP) is 0.618. The number of nitrogens with zero attached hydrogens (tertiary/aromatic N) is 1. The van der Waals surface area contributed by atoms with Crippen LogP contribution in [0, 0.1) is 5.92 Å². The highest BCUT2D eigenvalue weighted by Crippen LogP contribution is 2.11. The van der Waals surface area contributed by atoms with Crippen molar-refractivity contribution in [1.82, 2.24) is 10.2 Å². The van der Waals surface area contributed by atoms with Crippen LogP contribution in [0.3, 0.4) is 0 Å². The molecule has 1 heterocycles. The van der Waals surface area contributed by atoms with Crippen LogP contribution in [-0.2, 0) is 4.79 Å². The minimum Gasteiger partial charge on any atom is -0.480 e. The van der Waals surface area contributed by atoms with Crippen molar-refractivity contribution in [2.45, 2.75) is 45.2 Å². The van der Waals surface area contributed by atoms with Gasteiger partial charge in [0.2, 0.25) is 0 Å². The molecule has 6 heteroatoms. The Kier molecular flexibility index (Phi) is 5.40. The Bertz CT molecular complexity index is 309. The monoisotopic (exact) mass is 257 g/mol. The van der Waals surface area contributed by atoms with Crippen molar-refractivity contribution >= 4 is 12.0 Å². The number of hydrogen-bond donors (Lipinski definition) is 3. The molecule has 4 N–H and O–H groups in total. The molecule has 0 aromatic heterocycles. The standard InChI is InChI=1S/C12H23N3O3/c1-3-8(2)10(11(16)17)14-12(18)15-6-4-5-9(13)7-15/h8-10H,3-7,13H2,1-2H3,(H,14,18)(H,16,17). The van der Waals surface area contributed by atoms with Crippen LogP contribution in [0.4, 0.5) is 4.79 Å². The molecule has 1 aliphatic heterocycles. The van der Waals surface area contributed by atoms with Gasteiger partial charge in [0, 0.05) is 19.1 Å². The fraction of sp³-hybridized carbons (Fsp3) is 0.833. The molecule has 0 aromatic rings. The van der Waals surface area contributed by atoms with Gasteiger partial charge in [0.15, 0.2) is 0 Å². The summed E-state index contributed by atoms with van der Waals surface area (Å²) in [6.45, 7) is 4.87. The number of aliphatic carboxylic acids is 1. The quantitative estimate of drug-likeness (QED) is 0.688. The molecule has 2 amide bonds. The zero-order chi connectivity index (χ0) is 13.7. The number of urea groups is 1. The highest BCUT2D eigenvalue weighted by atomic mass is 16.4. The fourth-order valence-corrected chi connectivity index (χ4v) is 2.10. The van der Waals surface area contributed by atoms with E-state index in [1.807, 2.05) is 13.8 Å². The number of rotatable bonds is 4. The van der Waals surface area contributed by atoms with Gasteiger partial charge in [-0.05, 0) is 18.8 Å². The largest absolute Gasteiger partial charge is 0.480 e. The average molecular weight is 257 g/mol. The Morgan fingerprint density at radius 2 is 2.22 bits per heavy atom. The second-order valence-electron chi connectivity index (χ2n) is 5.00. The first-order valence-corrected chi connectivity index (χ1v) is 6.49. The number of carboxylic acids is 1. The van der Waals surface area contributed by atoms with E-state index in [-0.39, 0.29) is 18.0 Å². The van der Waals surface area contributed by atoms with Gasteiger partial charge < -0.3 is 21.1 Å². The summed E-state index contributed by atoms with van der Waals surface area (Å²) in [4.78, 5) is 24.7. The van der Waals surface area contributed by atoms with Crippen LogP contribution in [0.5, 0.6) is 0 Å². The fourth-order valence-electron chi connectivity index (χ4n) is 2.10. The number of carbonyl (C=O) groups is 2. The second-order valence-corrected chi connectivity index (χ2v) is 5.00. The van der Waals surface area contributed by atoms with E-state index in [0.717, 1.165) is 12.8 Å². The van der Waals surface area contributed by atoms with E-state index in [0.29, 0.717) is 19.5 Å². The van der Waals surface area contributed by atoms with E-state index < -0.39 is 12.0 Å². The zero-order valence-corrected chi connectivity index (χ0v) is 11.1. The van der Waals surface area contributed by atoms with Crippen LogP contribution in [0.15, 0.2) is 0 Å². The van der Waals surface area contributed by atoms with Crippen LogP contribution in [0.25, 0.3) is 0 Å². The summed E-state index contributed by atoms with van der Waals surface area (Å²) in [7, 11) is 0. The number of nitrogens with one attached hydrogen (secondary N) is 1. The van der Waals surface area contributed by atoms with Gasteiger partial charge in [-0.3, -0.25) is 0 Å². The lowest BCUT2D eigenvalue weighted by Gasteiger charge is -2.32. The van der Waals surface area contributed by atoms with Crippen LogP contribution in [-0.4, -0.2) is 47.2 Å². The molecule has 18 heavy (non-hydrogen) atoms. The summed E-state index contributed by atoms with van der Waals surface area (Å²) in [5, 5.41) is 11.7. The molecule has 3 atom stereocenters. The lowest BCUT2D eigenvalue weighted by molar-refractivity contribution is -0.140. The third-order valence-corrected chi connectivity index (χ3v) is 3.50. The van der Waals surface area contributed by atoms with Crippen LogP contribution >= 0.6 is 0 Å². The highest BCUT2D eigenvalue weighted by molar-refractivity contribution is 5.82. The normalized spacial score (nSPS) is 23.3. The smallest absolute Gasteiger partial charge is 0.326 e. The Balaban J connectivity index is 2.58. The van der Waals surface area contributed by atoms with E-state index in [4.69, 9.17) is 10.8 Å². The zero-order valence-electron chi connectivity index (χ0n) is 11.1. The lowest BCUT2D eigenvalue weighted by atomic mass is 9.99. The molecule has 0 spiro atoms. The third kappa shape index (κ3) is 3.87. The van der Waals surface area contributed by atoms with E-state index in [2.05, 4.69) is 5.32 Å². The predicted molar refractivity (Wildman–Crippen MR) is 68.2 cm³/mol. The van der Waals surface area contributed by atoms with Crippen LogP contribution in [0.2, 0.25) is 0 Å². The first-order chi connectivity index (χ1) is 8.45. The molecular formula is C12H23N3O3. The first-order valence-electron chi connectivity index (χ1n) is 6.49. The van der Waals surface area contributed by atoms with Gasteiger partial charge in [0.05, 0.1) is 0 Å². The number of carbonyl (C=O) groups excluding carboxylic acids is 1. The van der Waals surface area contributed by atoms with Crippen molar-refractivity contribution in [3.05, 3.63) is 0 Å². The number of likely N-dealkylation sites (tertiary alicyclic amines) is 1. The average Bonchev–Trinajstić information content (AvgIpc) is 2.34. The molecule has 0 radical (unpaired) electrons. The second kappa shape index (κ2) is 6.58. The van der Waals surface area contributed by atoms with E-state index in [1.165, 1.54) is 0 Å². The lowest BCUT2D eigenvalue weighted by Crippen LogP contribution is -2.54. The Morgan fingerprint density at radius 1 is 1.56 bits per heavy atom. The van der Waals surface area contributed by atoms with Gasteiger partial charge in [0.1, 0.15) is 6.04 Å². The number of nitrogens with two attached hydrogens (primary N) is 1. The maximum atomic E-state index is 12.0. The number of hydrogen-bond acceptors (Lipinski definition) is 3. The van der Waals surface area contributed by atoms with Gasteiger partial charge in [0.25, 0.3) is 0 Å². The molecule has 0 aliphatic carbocycles. The molecule has 1 saturated heterocycles. The molecule has 0 aromatic carbocycles. The Hall–Kier alpha value is -1.30. The summed E-state index contributed by atoms with van der Waals surface area (Å²) < 4.78 is 0. The Labute approximate surface area is 108 Å². The summed E-state index contributed by atoms with van der Waals surface area (Å²) in [6.07, 6.45) is 2.49. The third-order valence-electron chi connectivity index (χ3n) is 3.50. The van der Waals surface area contributed by atoms with Crippen molar-refractivity contribution < 1.29 is 14.7 Å². The number of piperidine rings is 1. The highest BCUT2D eigenvalue weighted by Gasteiger charge is 2.28. The van der Waals surface area contributed by atoms with E-state index >= 15 is 0 Å². The SMILES string of the molecule is CCC(C)C(NC(=O)N1CCCC(N)C1)C(=O)O. The topological polar surface area (TPSA) is 95.7 Å². The summed E-state index contributed by atoms with van der Waals surface area (Å²) in [5.74, 6) is -1.08. The van der Waals surface area contributed by atoms with Crippen LogP contribution in [0.1, 0.15) is 33.1 Å². The van der Waals surface area contributed by atoms with Crippen LogP contribution < -0.4 is 11.1 Å².